The molecule has 0 saturated heterocycles. The van der Waals surface area contributed by atoms with Crippen molar-refractivity contribution in [3.05, 3.63) is 59.7 Å². The zero-order valence-electron chi connectivity index (χ0n) is 14.4. The number of benzene rings is 2. The first-order valence-electron chi connectivity index (χ1n) is 8.65. The molecule has 1 aliphatic rings. The van der Waals surface area contributed by atoms with Crippen LogP contribution in [0.15, 0.2) is 53.4 Å². The maximum atomic E-state index is 12.7. The molecular formula is C20H23NO3S. The predicted molar refractivity (Wildman–Crippen MR) is 99.4 cm³/mol. The molecule has 4 nitrogen and oxygen atoms in total. The first kappa shape index (κ1) is 17.7. The van der Waals surface area contributed by atoms with Gasteiger partial charge in [-0.1, -0.05) is 43.2 Å². The highest BCUT2D eigenvalue weighted by atomic mass is 32.2. The van der Waals surface area contributed by atoms with Crippen molar-refractivity contribution >= 4 is 21.4 Å². The maximum Gasteiger partial charge on any atom is 0.228 e. The summed E-state index contributed by atoms with van der Waals surface area (Å²) in [6.45, 7) is 1.97. The molecule has 0 radical (unpaired) electrons. The summed E-state index contributed by atoms with van der Waals surface area (Å²) in [5.74, 6) is -0.148. The van der Waals surface area contributed by atoms with Gasteiger partial charge < -0.3 is 5.32 Å². The fourth-order valence-corrected chi connectivity index (χ4v) is 5.23. The quantitative estimate of drug-likeness (QED) is 0.883. The molecular weight excluding hydrogens is 334 g/mol. The summed E-state index contributed by atoms with van der Waals surface area (Å²) in [4.78, 5) is 12.6. The van der Waals surface area contributed by atoms with Gasteiger partial charge in [-0.3, -0.25) is 4.79 Å². The van der Waals surface area contributed by atoms with E-state index in [0.717, 1.165) is 36.8 Å². The van der Waals surface area contributed by atoms with Crippen molar-refractivity contribution in [2.24, 2.45) is 0 Å². The lowest BCUT2D eigenvalue weighted by Crippen LogP contribution is -2.19. The Balaban J connectivity index is 1.73. The molecule has 1 fully saturated rings. The molecule has 0 spiro atoms. The van der Waals surface area contributed by atoms with Gasteiger partial charge in [0.05, 0.1) is 16.6 Å². The summed E-state index contributed by atoms with van der Waals surface area (Å²) in [7, 11) is -3.31. The van der Waals surface area contributed by atoms with Crippen LogP contribution in [0.1, 0.15) is 36.8 Å². The molecule has 3 rings (SSSR count). The van der Waals surface area contributed by atoms with E-state index >= 15 is 0 Å². The molecule has 1 amide bonds. The van der Waals surface area contributed by atoms with Crippen molar-refractivity contribution in [3.8, 4) is 0 Å². The third kappa shape index (κ3) is 4.10. The number of rotatable bonds is 5. The second-order valence-corrected chi connectivity index (χ2v) is 8.86. The van der Waals surface area contributed by atoms with Crippen molar-refractivity contribution in [2.45, 2.75) is 49.2 Å². The fraction of sp³-hybridized carbons (Fsp3) is 0.350. The summed E-state index contributed by atoms with van der Waals surface area (Å²) in [5, 5.41) is 2.53. The molecule has 1 N–H and O–H groups in total. The summed E-state index contributed by atoms with van der Waals surface area (Å²) in [6, 6.07) is 14.3. The zero-order chi connectivity index (χ0) is 17.9. The van der Waals surface area contributed by atoms with Gasteiger partial charge in [0.1, 0.15) is 0 Å². The predicted octanol–water partition coefficient (Wildman–Crippen LogP) is 3.89. The summed E-state index contributed by atoms with van der Waals surface area (Å²) >= 11 is 0. The Labute approximate surface area is 149 Å². The topological polar surface area (TPSA) is 63.2 Å². The Morgan fingerprint density at radius 3 is 2.52 bits per heavy atom. The molecule has 2 aromatic carbocycles. The van der Waals surface area contributed by atoms with Gasteiger partial charge in [0.15, 0.2) is 9.84 Å². The first-order chi connectivity index (χ1) is 12.0. The summed E-state index contributed by atoms with van der Waals surface area (Å²) in [6.07, 6.45) is 3.66. The van der Waals surface area contributed by atoms with Gasteiger partial charge in [0, 0.05) is 5.69 Å². The third-order valence-electron chi connectivity index (χ3n) is 4.80. The molecule has 0 bridgehead atoms. The van der Waals surface area contributed by atoms with Gasteiger partial charge in [-0.05, 0) is 49.1 Å². The average Bonchev–Trinajstić information content (AvgIpc) is 3.12. The second kappa shape index (κ2) is 7.40. The van der Waals surface area contributed by atoms with E-state index in [1.54, 1.807) is 24.3 Å². The van der Waals surface area contributed by atoms with Crippen molar-refractivity contribution in [3.63, 3.8) is 0 Å². The van der Waals surface area contributed by atoms with E-state index in [2.05, 4.69) is 5.32 Å². The first-order valence-corrected chi connectivity index (χ1v) is 10.2. The van der Waals surface area contributed by atoms with Crippen LogP contribution in [0.3, 0.4) is 0 Å². The Kier molecular flexibility index (Phi) is 5.23. The van der Waals surface area contributed by atoms with E-state index in [1.165, 1.54) is 0 Å². The molecule has 1 saturated carbocycles. The maximum absolute atomic E-state index is 12.7. The number of hydrogen-bond acceptors (Lipinski definition) is 3. The van der Waals surface area contributed by atoms with Crippen LogP contribution in [0.4, 0.5) is 5.69 Å². The van der Waals surface area contributed by atoms with E-state index in [9.17, 15) is 13.2 Å². The van der Waals surface area contributed by atoms with Crippen LogP contribution in [0.25, 0.3) is 0 Å². The van der Waals surface area contributed by atoms with Gasteiger partial charge >= 0.3 is 0 Å². The fourth-order valence-electron chi connectivity index (χ4n) is 3.33. The van der Waals surface area contributed by atoms with E-state index < -0.39 is 9.84 Å². The van der Waals surface area contributed by atoms with Gasteiger partial charge in [0.25, 0.3) is 0 Å². The van der Waals surface area contributed by atoms with Crippen LogP contribution in [0.2, 0.25) is 0 Å². The summed E-state index contributed by atoms with van der Waals surface area (Å²) in [5.41, 5.74) is 2.56. The minimum atomic E-state index is -3.31. The number of carbonyl (C=O) groups is 1. The average molecular weight is 357 g/mol. The molecule has 0 heterocycles. The van der Waals surface area contributed by atoms with Crippen molar-refractivity contribution in [2.75, 3.05) is 5.32 Å². The lowest BCUT2D eigenvalue weighted by Gasteiger charge is -2.13. The molecule has 5 heteroatoms. The molecule has 0 unspecified atom stereocenters. The Bertz CT molecular complexity index is 868. The largest absolute Gasteiger partial charge is 0.326 e. The zero-order valence-corrected chi connectivity index (χ0v) is 15.2. The van der Waals surface area contributed by atoms with Crippen LogP contribution < -0.4 is 5.32 Å². The van der Waals surface area contributed by atoms with E-state index in [4.69, 9.17) is 0 Å². The Hall–Kier alpha value is -2.14. The smallest absolute Gasteiger partial charge is 0.228 e. The van der Waals surface area contributed by atoms with Crippen LogP contribution in [-0.2, 0) is 21.1 Å². The number of aryl methyl sites for hydroxylation is 1. The van der Waals surface area contributed by atoms with Crippen molar-refractivity contribution in [1.82, 2.24) is 0 Å². The number of anilines is 1. The standard InChI is InChI=1S/C20H23NO3S/c1-15-7-2-3-8-16(15)13-20(22)21-17-9-6-12-19(14-17)25(23,24)18-10-4-5-11-18/h2-3,6-9,12,14,18H,4-5,10-11,13H2,1H3,(H,21,22). The number of hydrogen-bond donors (Lipinski definition) is 1. The molecule has 0 atom stereocenters. The third-order valence-corrected chi connectivity index (χ3v) is 7.06. The Morgan fingerprint density at radius 2 is 1.80 bits per heavy atom. The highest BCUT2D eigenvalue weighted by Crippen LogP contribution is 2.30. The molecule has 0 aromatic heterocycles. The van der Waals surface area contributed by atoms with Crippen molar-refractivity contribution in [1.29, 1.82) is 0 Å². The van der Waals surface area contributed by atoms with E-state index in [-0.39, 0.29) is 17.6 Å². The SMILES string of the molecule is Cc1ccccc1CC(=O)Nc1cccc(S(=O)(=O)C2CCCC2)c1. The second-order valence-electron chi connectivity index (χ2n) is 6.63. The number of carbonyl (C=O) groups excluding carboxylic acids is 1. The molecule has 132 valence electrons. The lowest BCUT2D eigenvalue weighted by atomic mass is 10.1. The van der Waals surface area contributed by atoms with Crippen LogP contribution in [0, 0.1) is 6.92 Å². The number of nitrogens with one attached hydrogen (secondary N) is 1. The molecule has 25 heavy (non-hydrogen) atoms. The van der Waals surface area contributed by atoms with Gasteiger partial charge in [0.2, 0.25) is 5.91 Å². The molecule has 2 aromatic rings. The van der Waals surface area contributed by atoms with Gasteiger partial charge in [-0.2, -0.15) is 0 Å². The van der Waals surface area contributed by atoms with Gasteiger partial charge in [-0.25, -0.2) is 8.42 Å². The van der Waals surface area contributed by atoms with Crippen LogP contribution in [0.5, 0.6) is 0 Å². The highest BCUT2D eigenvalue weighted by Gasteiger charge is 2.30. The minimum Gasteiger partial charge on any atom is -0.326 e. The van der Waals surface area contributed by atoms with Gasteiger partial charge in [-0.15, -0.1) is 0 Å². The monoisotopic (exact) mass is 357 g/mol. The minimum absolute atomic E-state index is 0.148. The number of sulfone groups is 1. The normalized spacial score (nSPS) is 15.2. The van der Waals surface area contributed by atoms with E-state index in [0.29, 0.717) is 10.6 Å². The molecule has 0 aliphatic heterocycles. The van der Waals surface area contributed by atoms with Crippen LogP contribution in [-0.4, -0.2) is 19.6 Å². The number of amides is 1. The summed E-state index contributed by atoms with van der Waals surface area (Å²) < 4.78 is 25.4. The Morgan fingerprint density at radius 1 is 1.08 bits per heavy atom. The lowest BCUT2D eigenvalue weighted by molar-refractivity contribution is -0.115. The van der Waals surface area contributed by atoms with Crippen molar-refractivity contribution < 1.29 is 13.2 Å². The van der Waals surface area contributed by atoms with Crippen LogP contribution >= 0.6 is 0 Å². The highest BCUT2D eigenvalue weighted by molar-refractivity contribution is 7.92. The molecule has 1 aliphatic carbocycles. The van der Waals surface area contributed by atoms with E-state index in [1.807, 2.05) is 31.2 Å².